The molecule has 2 nitrogen and oxygen atoms in total. The third kappa shape index (κ3) is 2.20. The van der Waals surface area contributed by atoms with Crippen molar-refractivity contribution in [3.63, 3.8) is 0 Å². The van der Waals surface area contributed by atoms with Crippen molar-refractivity contribution in [2.75, 3.05) is 6.61 Å². The third-order valence-corrected chi connectivity index (χ3v) is 3.30. The van der Waals surface area contributed by atoms with Crippen LogP contribution in [0.5, 0.6) is 5.75 Å². The van der Waals surface area contributed by atoms with Crippen LogP contribution in [0.2, 0.25) is 0 Å². The summed E-state index contributed by atoms with van der Waals surface area (Å²) in [5.74, 6) is 2.16. The van der Waals surface area contributed by atoms with Gasteiger partial charge < -0.3 is 4.74 Å². The van der Waals surface area contributed by atoms with Crippen molar-refractivity contribution in [2.24, 2.45) is 11.8 Å². The lowest BCUT2D eigenvalue weighted by Crippen LogP contribution is -2.28. The van der Waals surface area contributed by atoms with E-state index in [1.165, 1.54) is 12.8 Å². The molecule has 15 heavy (non-hydrogen) atoms. The van der Waals surface area contributed by atoms with E-state index in [0.29, 0.717) is 17.2 Å². The number of aldehydes is 1. The molecule has 1 saturated carbocycles. The van der Waals surface area contributed by atoms with Gasteiger partial charge in [0.05, 0.1) is 12.2 Å². The summed E-state index contributed by atoms with van der Waals surface area (Å²) in [6.07, 6.45) is 3.41. The minimum atomic E-state index is 0.643. The van der Waals surface area contributed by atoms with Crippen LogP contribution in [0, 0.1) is 11.8 Å². The summed E-state index contributed by atoms with van der Waals surface area (Å²) in [5, 5.41) is 0. The molecule has 80 valence electrons. The molecule has 0 radical (unpaired) electrons. The van der Waals surface area contributed by atoms with Crippen molar-refractivity contribution in [2.45, 2.75) is 19.8 Å². The summed E-state index contributed by atoms with van der Waals surface area (Å²) in [6.45, 7) is 3.00. The maximum Gasteiger partial charge on any atom is 0.153 e. The molecule has 1 fully saturated rings. The molecular weight excluding hydrogens is 188 g/mol. The second-order valence-corrected chi connectivity index (χ2v) is 4.28. The Bertz CT molecular complexity index is 346. The Balaban J connectivity index is 1.95. The first-order valence-corrected chi connectivity index (χ1v) is 5.48. The molecule has 0 spiro atoms. The number of para-hydroxylation sites is 1. The van der Waals surface area contributed by atoms with E-state index in [1.54, 1.807) is 6.07 Å². The Labute approximate surface area is 90.3 Å². The number of benzene rings is 1. The van der Waals surface area contributed by atoms with Gasteiger partial charge in [0.15, 0.2) is 6.29 Å². The average Bonchev–Trinajstić information content (AvgIpc) is 2.28. The van der Waals surface area contributed by atoms with Crippen LogP contribution >= 0.6 is 0 Å². The maximum absolute atomic E-state index is 10.7. The fourth-order valence-corrected chi connectivity index (χ4v) is 1.89. The van der Waals surface area contributed by atoms with Crippen molar-refractivity contribution in [1.29, 1.82) is 0 Å². The third-order valence-electron chi connectivity index (χ3n) is 3.30. The highest BCUT2D eigenvalue weighted by atomic mass is 16.5. The van der Waals surface area contributed by atoms with Crippen molar-refractivity contribution < 1.29 is 9.53 Å². The zero-order valence-corrected chi connectivity index (χ0v) is 8.98. The number of carbonyl (C=O) groups excluding carboxylic acids is 1. The van der Waals surface area contributed by atoms with Gasteiger partial charge in [-0.1, -0.05) is 19.1 Å². The van der Waals surface area contributed by atoms with Crippen molar-refractivity contribution >= 4 is 6.29 Å². The van der Waals surface area contributed by atoms with E-state index in [-0.39, 0.29) is 0 Å². The Morgan fingerprint density at radius 1 is 1.40 bits per heavy atom. The molecular formula is C13H16O2. The number of ether oxygens (including phenoxy) is 1. The van der Waals surface area contributed by atoms with E-state index in [9.17, 15) is 4.79 Å². The molecule has 0 heterocycles. The molecule has 0 saturated heterocycles. The molecule has 1 aliphatic carbocycles. The molecule has 1 aromatic rings. The van der Waals surface area contributed by atoms with Crippen molar-refractivity contribution in [1.82, 2.24) is 0 Å². The number of carbonyl (C=O) groups is 1. The second kappa shape index (κ2) is 4.47. The van der Waals surface area contributed by atoms with Crippen molar-refractivity contribution in [3.05, 3.63) is 29.8 Å². The van der Waals surface area contributed by atoms with Crippen molar-refractivity contribution in [3.8, 4) is 5.75 Å². The molecule has 0 N–H and O–H groups in total. The van der Waals surface area contributed by atoms with Gasteiger partial charge in [0, 0.05) is 0 Å². The minimum absolute atomic E-state index is 0.643. The highest BCUT2D eigenvalue weighted by Gasteiger charge is 2.27. The van der Waals surface area contributed by atoms with Gasteiger partial charge in [-0.05, 0) is 36.8 Å². The van der Waals surface area contributed by atoms with Crippen LogP contribution in [0.3, 0.4) is 0 Å². The predicted octanol–water partition coefficient (Wildman–Crippen LogP) is 2.92. The molecule has 0 aliphatic heterocycles. The Hall–Kier alpha value is -1.31. The van der Waals surface area contributed by atoms with Gasteiger partial charge >= 0.3 is 0 Å². The summed E-state index contributed by atoms with van der Waals surface area (Å²) >= 11 is 0. The normalized spacial score (nSPS) is 24.3. The summed E-state index contributed by atoms with van der Waals surface area (Å²) in [5.41, 5.74) is 0.643. The predicted molar refractivity (Wildman–Crippen MR) is 59.2 cm³/mol. The van der Waals surface area contributed by atoms with Crippen LogP contribution in [-0.4, -0.2) is 12.9 Å². The monoisotopic (exact) mass is 204 g/mol. The zero-order chi connectivity index (χ0) is 10.7. The molecule has 0 aromatic heterocycles. The standard InChI is InChI=1S/C13H16O2/c1-10-6-7-12(10)9-15-13-5-3-2-4-11(13)8-14/h2-5,8,10,12H,6-7,9H2,1H3/t10-,12-/m1/s1. The van der Waals surface area contributed by atoms with Gasteiger partial charge in [0.2, 0.25) is 0 Å². The quantitative estimate of drug-likeness (QED) is 0.705. The van der Waals surface area contributed by atoms with Crippen LogP contribution in [0.4, 0.5) is 0 Å². The van der Waals surface area contributed by atoms with Crippen LogP contribution in [0.25, 0.3) is 0 Å². The fraction of sp³-hybridized carbons (Fsp3) is 0.462. The van der Waals surface area contributed by atoms with E-state index >= 15 is 0 Å². The highest BCUT2D eigenvalue weighted by molar-refractivity contribution is 5.79. The molecule has 1 aromatic carbocycles. The molecule has 0 bridgehead atoms. The van der Waals surface area contributed by atoms with Gasteiger partial charge in [-0.3, -0.25) is 4.79 Å². The van der Waals surface area contributed by atoms with Gasteiger partial charge in [-0.15, -0.1) is 0 Å². The minimum Gasteiger partial charge on any atom is -0.493 e. The Kier molecular flexibility index (Phi) is 3.05. The number of hydrogen-bond acceptors (Lipinski definition) is 2. The first-order valence-electron chi connectivity index (χ1n) is 5.48. The number of rotatable bonds is 4. The molecule has 0 amide bonds. The maximum atomic E-state index is 10.7. The first kappa shape index (κ1) is 10.2. The van der Waals surface area contributed by atoms with E-state index in [4.69, 9.17) is 4.74 Å². The average molecular weight is 204 g/mol. The van der Waals surface area contributed by atoms with Gasteiger partial charge in [0.25, 0.3) is 0 Å². The molecule has 2 rings (SSSR count). The van der Waals surface area contributed by atoms with Crippen LogP contribution in [0.1, 0.15) is 30.1 Å². The fourth-order valence-electron chi connectivity index (χ4n) is 1.89. The van der Waals surface area contributed by atoms with Gasteiger partial charge in [-0.2, -0.15) is 0 Å². The molecule has 1 aliphatic rings. The summed E-state index contributed by atoms with van der Waals surface area (Å²) in [4.78, 5) is 10.7. The SMILES string of the molecule is C[C@@H]1CC[C@@H]1COc1ccccc1C=O. The van der Waals surface area contributed by atoms with Crippen LogP contribution < -0.4 is 4.74 Å². The smallest absolute Gasteiger partial charge is 0.153 e. The topological polar surface area (TPSA) is 26.3 Å². The first-order chi connectivity index (χ1) is 7.31. The summed E-state index contributed by atoms with van der Waals surface area (Å²) in [7, 11) is 0. The Morgan fingerprint density at radius 3 is 2.80 bits per heavy atom. The van der Waals surface area contributed by atoms with Gasteiger partial charge in [-0.25, -0.2) is 0 Å². The van der Waals surface area contributed by atoms with E-state index < -0.39 is 0 Å². The largest absolute Gasteiger partial charge is 0.493 e. The van der Waals surface area contributed by atoms with Crippen LogP contribution in [-0.2, 0) is 0 Å². The lowest BCUT2D eigenvalue weighted by atomic mass is 9.75. The van der Waals surface area contributed by atoms with E-state index in [2.05, 4.69) is 6.92 Å². The lowest BCUT2D eigenvalue weighted by molar-refractivity contribution is 0.108. The lowest BCUT2D eigenvalue weighted by Gasteiger charge is -2.33. The molecule has 2 heteroatoms. The Morgan fingerprint density at radius 2 is 2.20 bits per heavy atom. The summed E-state index contributed by atoms with van der Waals surface area (Å²) in [6, 6.07) is 7.38. The number of hydrogen-bond donors (Lipinski definition) is 0. The van der Waals surface area contributed by atoms with E-state index in [1.807, 2.05) is 18.2 Å². The zero-order valence-electron chi connectivity index (χ0n) is 8.98. The molecule has 2 atom stereocenters. The highest BCUT2D eigenvalue weighted by Crippen LogP contribution is 2.34. The van der Waals surface area contributed by atoms with Crippen LogP contribution in [0.15, 0.2) is 24.3 Å². The van der Waals surface area contributed by atoms with E-state index in [0.717, 1.165) is 18.8 Å². The molecule has 0 unspecified atom stereocenters. The van der Waals surface area contributed by atoms with Gasteiger partial charge in [0.1, 0.15) is 5.75 Å². The second-order valence-electron chi connectivity index (χ2n) is 4.28. The summed E-state index contributed by atoms with van der Waals surface area (Å²) < 4.78 is 5.67.